The van der Waals surface area contributed by atoms with Gasteiger partial charge >= 0.3 is 0 Å². The number of rotatable bonds is 6. The molecule has 3 aromatic heterocycles. The van der Waals surface area contributed by atoms with Crippen LogP contribution in [-0.4, -0.2) is 29.7 Å². The number of nitriles is 1. The zero-order valence-electron chi connectivity index (χ0n) is 17.3. The molecule has 1 saturated carbocycles. The maximum absolute atomic E-state index is 13.5. The number of fused-ring (bicyclic) bond motifs is 1. The van der Waals surface area contributed by atoms with Gasteiger partial charge in [-0.05, 0) is 30.9 Å². The minimum atomic E-state index is -3.03. The molecule has 0 amide bonds. The van der Waals surface area contributed by atoms with Crippen LogP contribution in [0, 0.1) is 17.2 Å². The highest BCUT2D eigenvalue weighted by atomic mass is 35.5. The maximum atomic E-state index is 13.5. The van der Waals surface area contributed by atoms with E-state index in [0.29, 0.717) is 16.7 Å². The largest absolute Gasteiger partial charge is 0.368 e. The second-order valence-electron chi connectivity index (χ2n) is 7.75. The van der Waals surface area contributed by atoms with Crippen LogP contribution in [0.2, 0.25) is 5.02 Å². The van der Waals surface area contributed by atoms with Crippen molar-refractivity contribution in [3.63, 3.8) is 0 Å². The van der Waals surface area contributed by atoms with Crippen LogP contribution >= 0.6 is 11.6 Å². The second-order valence-corrected chi connectivity index (χ2v) is 8.16. The monoisotopic (exact) mass is 483 g/mol. The lowest BCUT2D eigenvalue weighted by Gasteiger charge is -2.23. The number of aromatic nitrogens is 6. The Kier molecular flexibility index (Phi) is 5.33. The number of nitrogen functional groups attached to an aromatic ring is 1. The van der Waals surface area contributed by atoms with Gasteiger partial charge in [-0.25, -0.2) is 23.3 Å². The van der Waals surface area contributed by atoms with Crippen molar-refractivity contribution < 1.29 is 8.78 Å². The molecule has 0 spiro atoms. The highest BCUT2D eigenvalue weighted by molar-refractivity contribution is 6.35. The molecular formula is C21H16ClF2N9O. The van der Waals surface area contributed by atoms with E-state index in [-0.39, 0.29) is 22.6 Å². The van der Waals surface area contributed by atoms with E-state index >= 15 is 0 Å². The van der Waals surface area contributed by atoms with E-state index in [4.69, 9.17) is 22.3 Å². The number of alkyl halides is 2. The predicted molar refractivity (Wildman–Crippen MR) is 120 cm³/mol. The van der Waals surface area contributed by atoms with Gasteiger partial charge in [0.15, 0.2) is 5.82 Å². The third kappa shape index (κ3) is 3.69. The Hall–Kier alpha value is -4.11. The molecule has 172 valence electrons. The number of H-pyrrole nitrogens is 1. The number of benzene rings is 1. The van der Waals surface area contributed by atoms with Crippen LogP contribution in [0.1, 0.15) is 42.4 Å². The molecule has 13 heteroatoms. The summed E-state index contributed by atoms with van der Waals surface area (Å²) in [4.78, 5) is 25.7. The van der Waals surface area contributed by atoms with E-state index in [1.807, 2.05) is 0 Å². The number of aromatic amines is 1. The van der Waals surface area contributed by atoms with Crippen molar-refractivity contribution in [1.82, 2.24) is 29.7 Å². The van der Waals surface area contributed by atoms with Gasteiger partial charge in [0.1, 0.15) is 29.0 Å². The minimum Gasteiger partial charge on any atom is -0.368 e. The van der Waals surface area contributed by atoms with Crippen LogP contribution in [0.5, 0.6) is 0 Å². The smallest absolute Gasteiger partial charge is 0.281 e. The number of nitrogens with one attached hydrogen (secondary N) is 2. The molecule has 1 atom stereocenters. The molecule has 1 aliphatic carbocycles. The van der Waals surface area contributed by atoms with E-state index in [1.165, 1.54) is 10.8 Å². The van der Waals surface area contributed by atoms with Crippen molar-refractivity contribution in [2.24, 2.45) is 5.92 Å². The van der Waals surface area contributed by atoms with Crippen LogP contribution in [-0.2, 0) is 0 Å². The van der Waals surface area contributed by atoms with E-state index in [1.54, 1.807) is 30.3 Å². The predicted octanol–water partition coefficient (Wildman–Crippen LogP) is 3.51. The fourth-order valence-electron chi connectivity index (χ4n) is 3.84. The Bertz CT molecular complexity index is 1490. The number of halogens is 3. The van der Waals surface area contributed by atoms with Crippen molar-refractivity contribution in [2.45, 2.75) is 25.3 Å². The first-order valence-electron chi connectivity index (χ1n) is 10.2. The van der Waals surface area contributed by atoms with Gasteiger partial charge in [-0.2, -0.15) is 15.3 Å². The Morgan fingerprint density at radius 1 is 1.26 bits per heavy atom. The van der Waals surface area contributed by atoms with Gasteiger partial charge < -0.3 is 11.1 Å². The SMILES string of the molecule is N#Cc1c(NC(c2nc3c(Cl)cccc3c(=O)n2-c2ccn[nH]2)C2CC2)nc(N)nc1C(F)F. The van der Waals surface area contributed by atoms with Gasteiger partial charge in [-0.1, -0.05) is 17.7 Å². The molecule has 0 aliphatic heterocycles. The molecule has 0 saturated heterocycles. The average molecular weight is 484 g/mol. The minimum absolute atomic E-state index is 0.0151. The van der Waals surface area contributed by atoms with Crippen LogP contribution in [0.3, 0.4) is 0 Å². The number of para-hydroxylation sites is 1. The first-order valence-corrected chi connectivity index (χ1v) is 10.6. The van der Waals surface area contributed by atoms with Crippen molar-refractivity contribution in [3.05, 3.63) is 62.9 Å². The molecule has 1 unspecified atom stereocenters. The standard InChI is InChI=1S/C21H16ClF2N9O/c22-12-3-1-2-10-15(12)29-19(33(20(10)34)13-6-7-27-32-13)14(9-4-5-9)28-18-11(8-25)16(17(23)24)30-21(26)31-18/h1-3,6-7,9,14,17H,4-5H2,(H,27,32)(H3,26,28,30,31). The second kappa shape index (κ2) is 8.35. The van der Waals surface area contributed by atoms with E-state index in [2.05, 4.69) is 25.5 Å². The summed E-state index contributed by atoms with van der Waals surface area (Å²) in [6.45, 7) is 0. The molecule has 4 aromatic rings. The molecule has 34 heavy (non-hydrogen) atoms. The molecule has 3 heterocycles. The lowest BCUT2D eigenvalue weighted by molar-refractivity contribution is 0.146. The van der Waals surface area contributed by atoms with Crippen molar-refractivity contribution in [2.75, 3.05) is 11.1 Å². The Labute approximate surface area is 195 Å². The quantitative estimate of drug-likeness (QED) is 0.377. The molecule has 0 bridgehead atoms. The lowest BCUT2D eigenvalue weighted by Crippen LogP contribution is -2.30. The zero-order chi connectivity index (χ0) is 24.0. The Morgan fingerprint density at radius 3 is 2.71 bits per heavy atom. The highest BCUT2D eigenvalue weighted by Gasteiger charge is 2.37. The summed E-state index contributed by atoms with van der Waals surface area (Å²) in [5.41, 5.74) is 4.35. The van der Waals surface area contributed by atoms with Gasteiger partial charge in [0, 0.05) is 6.07 Å². The normalized spacial score (nSPS) is 14.3. The topological polar surface area (TPSA) is 151 Å². The summed E-state index contributed by atoms with van der Waals surface area (Å²) in [7, 11) is 0. The third-order valence-electron chi connectivity index (χ3n) is 5.54. The fraction of sp³-hybridized carbons (Fsp3) is 0.238. The molecule has 5 rings (SSSR count). The number of nitrogens with zero attached hydrogens (tertiary/aromatic N) is 6. The van der Waals surface area contributed by atoms with Crippen molar-refractivity contribution >= 4 is 34.3 Å². The summed E-state index contributed by atoms with van der Waals surface area (Å²) in [6, 6.07) is 7.54. The average Bonchev–Trinajstić information content (AvgIpc) is 3.51. The fourth-order valence-corrected chi connectivity index (χ4v) is 4.06. The van der Waals surface area contributed by atoms with Crippen molar-refractivity contribution in [1.29, 1.82) is 5.26 Å². The Morgan fingerprint density at radius 2 is 2.06 bits per heavy atom. The van der Waals surface area contributed by atoms with Gasteiger partial charge in [0.25, 0.3) is 12.0 Å². The summed E-state index contributed by atoms with van der Waals surface area (Å²) < 4.78 is 28.4. The molecule has 1 aliphatic rings. The third-order valence-corrected chi connectivity index (χ3v) is 5.84. The number of nitrogens with two attached hydrogens (primary N) is 1. The van der Waals surface area contributed by atoms with Crippen LogP contribution in [0.4, 0.5) is 20.5 Å². The van der Waals surface area contributed by atoms with Gasteiger partial charge in [0.2, 0.25) is 5.95 Å². The van der Waals surface area contributed by atoms with Crippen LogP contribution in [0.25, 0.3) is 16.7 Å². The van der Waals surface area contributed by atoms with Gasteiger partial charge in [-0.3, -0.25) is 9.89 Å². The summed E-state index contributed by atoms with van der Waals surface area (Å²) in [6.07, 6.45) is 0.0180. The molecule has 1 aromatic carbocycles. The summed E-state index contributed by atoms with van der Waals surface area (Å²) >= 11 is 6.35. The zero-order valence-corrected chi connectivity index (χ0v) is 18.1. The van der Waals surface area contributed by atoms with Crippen LogP contribution < -0.4 is 16.6 Å². The van der Waals surface area contributed by atoms with Gasteiger partial charge in [0.05, 0.1) is 28.2 Å². The lowest BCUT2D eigenvalue weighted by atomic mass is 10.1. The molecule has 4 N–H and O–H groups in total. The first kappa shape index (κ1) is 21.7. The van der Waals surface area contributed by atoms with E-state index in [9.17, 15) is 18.8 Å². The van der Waals surface area contributed by atoms with E-state index in [0.717, 1.165) is 12.8 Å². The van der Waals surface area contributed by atoms with Crippen molar-refractivity contribution in [3.8, 4) is 11.9 Å². The number of anilines is 2. The van der Waals surface area contributed by atoms with Crippen LogP contribution in [0.15, 0.2) is 35.3 Å². The molecular weight excluding hydrogens is 468 g/mol. The first-order chi connectivity index (χ1) is 16.4. The summed E-state index contributed by atoms with van der Waals surface area (Å²) in [5, 5.41) is 19.9. The summed E-state index contributed by atoms with van der Waals surface area (Å²) in [5.74, 6) is 0.0345. The number of hydrogen-bond acceptors (Lipinski definition) is 8. The molecule has 1 fully saturated rings. The van der Waals surface area contributed by atoms with Gasteiger partial charge in [-0.15, -0.1) is 0 Å². The molecule has 10 nitrogen and oxygen atoms in total. The maximum Gasteiger partial charge on any atom is 0.281 e. The molecule has 0 radical (unpaired) electrons. The number of hydrogen-bond donors (Lipinski definition) is 3. The Balaban J connectivity index is 1.74. The van der Waals surface area contributed by atoms with E-state index < -0.39 is 35.2 Å². The highest BCUT2D eigenvalue weighted by Crippen LogP contribution is 2.43.